The van der Waals surface area contributed by atoms with Gasteiger partial charge in [-0.2, -0.15) is 0 Å². The minimum atomic E-state index is -0.654. The maximum atomic E-state index is 12.1. The number of nitrogens with one attached hydrogen (secondary N) is 2. The first kappa shape index (κ1) is 20.3. The topological polar surface area (TPSA) is 93.7 Å². The fraction of sp³-hybridized carbons (Fsp3) is 0.211. The van der Waals surface area contributed by atoms with Crippen LogP contribution in [0, 0.1) is 6.92 Å². The number of rotatable bonds is 6. The number of amides is 2. The third kappa shape index (κ3) is 5.72. The SMILES string of the molecule is COc1cc(Cl)c(C)cc1NC(=O)COC(=O)c1ccc(NC(C)=O)cc1. The largest absolute Gasteiger partial charge is 0.495 e. The van der Waals surface area contributed by atoms with Crippen molar-refractivity contribution < 1.29 is 23.9 Å². The van der Waals surface area contributed by atoms with E-state index in [1.54, 1.807) is 31.2 Å². The zero-order valence-corrected chi connectivity index (χ0v) is 15.8. The highest BCUT2D eigenvalue weighted by atomic mass is 35.5. The summed E-state index contributed by atoms with van der Waals surface area (Å²) in [6.07, 6.45) is 0. The second kappa shape index (κ2) is 9.05. The molecule has 0 aliphatic heterocycles. The van der Waals surface area contributed by atoms with Crippen LogP contribution in [0.25, 0.3) is 0 Å². The second-order valence-corrected chi connectivity index (χ2v) is 6.09. The minimum absolute atomic E-state index is 0.213. The predicted octanol–water partition coefficient (Wildman–Crippen LogP) is 3.41. The van der Waals surface area contributed by atoms with Crippen molar-refractivity contribution in [2.45, 2.75) is 13.8 Å². The highest BCUT2D eigenvalue weighted by Gasteiger charge is 2.13. The molecular formula is C19H19ClN2O5. The van der Waals surface area contributed by atoms with Gasteiger partial charge in [0.2, 0.25) is 5.91 Å². The molecular weight excluding hydrogens is 372 g/mol. The van der Waals surface area contributed by atoms with Crippen LogP contribution in [0.15, 0.2) is 36.4 Å². The summed E-state index contributed by atoms with van der Waals surface area (Å²) in [5.41, 5.74) is 2.02. The van der Waals surface area contributed by atoms with Crippen LogP contribution in [0.2, 0.25) is 5.02 Å². The third-order valence-corrected chi connectivity index (χ3v) is 3.94. The number of carbonyl (C=O) groups excluding carboxylic acids is 3. The molecule has 0 saturated carbocycles. The number of ether oxygens (including phenoxy) is 2. The Kier molecular flexibility index (Phi) is 6.79. The summed E-state index contributed by atoms with van der Waals surface area (Å²) >= 11 is 6.03. The van der Waals surface area contributed by atoms with Gasteiger partial charge >= 0.3 is 5.97 Å². The highest BCUT2D eigenvalue weighted by Crippen LogP contribution is 2.30. The smallest absolute Gasteiger partial charge is 0.338 e. The molecule has 0 aromatic heterocycles. The Morgan fingerprint density at radius 3 is 2.33 bits per heavy atom. The summed E-state index contributed by atoms with van der Waals surface area (Å²) in [7, 11) is 1.46. The van der Waals surface area contributed by atoms with Crippen molar-refractivity contribution in [1.29, 1.82) is 0 Å². The number of carbonyl (C=O) groups is 3. The number of aryl methyl sites for hydroxylation is 1. The van der Waals surface area contributed by atoms with Gasteiger partial charge in [0.1, 0.15) is 5.75 Å². The lowest BCUT2D eigenvalue weighted by Crippen LogP contribution is -2.21. The molecule has 7 nitrogen and oxygen atoms in total. The maximum Gasteiger partial charge on any atom is 0.338 e. The first-order valence-corrected chi connectivity index (χ1v) is 8.36. The molecule has 8 heteroatoms. The van der Waals surface area contributed by atoms with E-state index in [2.05, 4.69) is 10.6 Å². The fourth-order valence-corrected chi connectivity index (χ4v) is 2.38. The van der Waals surface area contributed by atoms with Crippen LogP contribution < -0.4 is 15.4 Å². The van der Waals surface area contributed by atoms with Crippen molar-refractivity contribution in [3.63, 3.8) is 0 Å². The standard InChI is InChI=1S/C19H19ClN2O5/c1-11-8-16(17(26-3)9-15(11)20)22-18(24)10-27-19(25)13-4-6-14(7-5-13)21-12(2)23/h4-9H,10H2,1-3H3,(H,21,23)(H,22,24). The van der Waals surface area contributed by atoms with Gasteiger partial charge in [0.25, 0.3) is 5.91 Å². The lowest BCUT2D eigenvalue weighted by atomic mass is 10.2. The van der Waals surface area contributed by atoms with Crippen LogP contribution in [-0.4, -0.2) is 31.5 Å². The number of hydrogen-bond donors (Lipinski definition) is 2. The summed E-state index contributed by atoms with van der Waals surface area (Å²) in [6, 6.07) is 9.39. The molecule has 0 heterocycles. The van der Waals surface area contributed by atoms with Gasteiger partial charge in [-0.1, -0.05) is 11.6 Å². The van der Waals surface area contributed by atoms with Gasteiger partial charge in [-0.15, -0.1) is 0 Å². The monoisotopic (exact) mass is 390 g/mol. The van der Waals surface area contributed by atoms with E-state index in [9.17, 15) is 14.4 Å². The Morgan fingerprint density at radius 2 is 1.74 bits per heavy atom. The molecule has 0 radical (unpaired) electrons. The fourth-order valence-electron chi connectivity index (χ4n) is 2.22. The van der Waals surface area contributed by atoms with Crippen LogP contribution in [0.1, 0.15) is 22.8 Å². The number of hydrogen-bond acceptors (Lipinski definition) is 5. The first-order chi connectivity index (χ1) is 12.8. The van der Waals surface area contributed by atoms with E-state index in [0.717, 1.165) is 5.56 Å². The lowest BCUT2D eigenvalue weighted by Gasteiger charge is -2.12. The molecule has 0 unspecified atom stereocenters. The van der Waals surface area contributed by atoms with E-state index in [-0.39, 0.29) is 11.5 Å². The molecule has 0 aliphatic rings. The number of methoxy groups -OCH3 is 1. The van der Waals surface area contributed by atoms with Crippen LogP contribution in [-0.2, 0) is 14.3 Å². The molecule has 0 atom stereocenters. The minimum Gasteiger partial charge on any atom is -0.495 e. The molecule has 0 fully saturated rings. The van der Waals surface area contributed by atoms with Crippen molar-refractivity contribution in [2.75, 3.05) is 24.4 Å². The lowest BCUT2D eigenvalue weighted by molar-refractivity contribution is -0.119. The van der Waals surface area contributed by atoms with E-state index in [1.807, 2.05) is 0 Å². The van der Waals surface area contributed by atoms with Gasteiger partial charge in [-0.05, 0) is 42.8 Å². The van der Waals surface area contributed by atoms with Crippen LogP contribution >= 0.6 is 11.6 Å². The quantitative estimate of drug-likeness (QED) is 0.737. The van der Waals surface area contributed by atoms with Crippen molar-refractivity contribution in [3.8, 4) is 5.75 Å². The molecule has 0 spiro atoms. The van der Waals surface area contributed by atoms with Crippen LogP contribution in [0.4, 0.5) is 11.4 Å². The van der Waals surface area contributed by atoms with E-state index >= 15 is 0 Å². The Balaban J connectivity index is 1.94. The van der Waals surface area contributed by atoms with Crippen LogP contribution in [0.3, 0.4) is 0 Å². The highest BCUT2D eigenvalue weighted by molar-refractivity contribution is 6.31. The number of benzene rings is 2. The first-order valence-electron chi connectivity index (χ1n) is 7.99. The summed E-state index contributed by atoms with van der Waals surface area (Å²) in [5.74, 6) is -0.981. The van der Waals surface area contributed by atoms with Crippen LogP contribution in [0.5, 0.6) is 5.75 Å². The molecule has 27 heavy (non-hydrogen) atoms. The number of anilines is 2. The zero-order valence-electron chi connectivity index (χ0n) is 15.1. The van der Waals surface area contributed by atoms with Crippen molar-refractivity contribution in [1.82, 2.24) is 0 Å². The molecule has 2 rings (SSSR count). The van der Waals surface area contributed by atoms with Gasteiger partial charge < -0.3 is 20.1 Å². The third-order valence-electron chi connectivity index (χ3n) is 3.53. The molecule has 2 amide bonds. The summed E-state index contributed by atoms with van der Waals surface area (Å²) in [5, 5.41) is 5.72. The maximum absolute atomic E-state index is 12.1. The summed E-state index contributed by atoms with van der Waals surface area (Å²) in [4.78, 5) is 35.1. The van der Waals surface area contributed by atoms with Gasteiger partial charge in [-0.25, -0.2) is 4.79 Å². The van der Waals surface area contributed by atoms with Crippen molar-refractivity contribution in [3.05, 3.63) is 52.5 Å². The molecule has 0 saturated heterocycles. The van der Waals surface area contributed by atoms with E-state index < -0.39 is 18.5 Å². The van der Waals surface area contributed by atoms with Gasteiger partial charge in [0.05, 0.1) is 18.4 Å². The Morgan fingerprint density at radius 1 is 1.07 bits per heavy atom. The predicted molar refractivity (Wildman–Crippen MR) is 102 cm³/mol. The average molecular weight is 391 g/mol. The zero-order chi connectivity index (χ0) is 20.0. The van der Waals surface area contributed by atoms with Crippen molar-refractivity contribution in [2.24, 2.45) is 0 Å². The molecule has 2 N–H and O–H groups in total. The second-order valence-electron chi connectivity index (χ2n) is 5.68. The summed E-state index contributed by atoms with van der Waals surface area (Å²) in [6.45, 7) is 2.72. The van der Waals surface area contributed by atoms with E-state index in [0.29, 0.717) is 22.1 Å². The molecule has 2 aromatic rings. The average Bonchev–Trinajstić information content (AvgIpc) is 2.62. The Labute approximate surface area is 161 Å². The summed E-state index contributed by atoms with van der Waals surface area (Å²) < 4.78 is 10.2. The molecule has 0 bridgehead atoms. The number of esters is 1. The molecule has 142 valence electrons. The van der Waals surface area contributed by atoms with Gasteiger partial charge in [0.15, 0.2) is 6.61 Å². The Hall–Kier alpha value is -3.06. The van der Waals surface area contributed by atoms with Gasteiger partial charge in [-0.3, -0.25) is 9.59 Å². The van der Waals surface area contributed by atoms with Crippen molar-refractivity contribution >= 4 is 40.8 Å². The molecule has 2 aromatic carbocycles. The van der Waals surface area contributed by atoms with Gasteiger partial charge in [0, 0.05) is 23.7 Å². The Bertz CT molecular complexity index is 865. The van der Waals surface area contributed by atoms with E-state index in [1.165, 1.54) is 26.2 Å². The number of halogens is 1. The normalized spacial score (nSPS) is 10.1. The van der Waals surface area contributed by atoms with E-state index in [4.69, 9.17) is 21.1 Å². The molecule has 0 aliphatic carbocycles.